The van der Waals surface area contributed by atoms with E-state index in [4.69, 9.17) is 0 Å². The largest absolute Gasteiger partial charge is 0.502 e. The van der Waals surface area contributed by atoms with Crippen molar-refractivity contribution in [3.05, 3.63) is 33.9 Å². The van der Waals surface area contributed by atoms with Crippen LogP contribution in [0.2, 0.25) is 0 Å². The first-order chi connectivity index (χ1) is 11.1. The number of phenolic OH excluding ortho intramolecular Hbond substituents is 1. The smallest absolute Gasteiger partial charge is 0.414 e. The Morgan fingerprint density at radius 3 is 2.38 bits per heavy atom. The van der Waals surface area contributed by atoms with E-state index < -0.39 is 40.5 Å². The van der Waals surface area contributed by atoms with Gasteiger partial charge in [0.2, 0.25) is 0 Å². The number of carbonyl (C=O) groups excluding carboxylic acids is 1. The van der Waals surface area contributed by atoms with Gasteiger partial charge in [0.25, 0.3) is 5.91 Å². The Kier molecular flexibility index (Phi) is 4.97. The molecule has 2 N–H and O–H groups in total. The number of aromatic hydroxyl groups is 1. The van der Waals surface area contributed by atoms with Crippen molar-refractivity contribution in [1.29, 1.82) is 0 Å². The molecule has 1 aromatic rings. The maximum Gasteiger partial charge on any atom is 0.414 e. The van der Waals surface area contributed by atoms with E-state index in [2.05, 4.69) is 0 Å². The summed E-state index contributed by atoms with van der Waals surface area (Å²) in [6.07, 6.45) is -7.13. The summed E-state index contributed by atoms with van der Waals surface area (Å²) >= 11 is 0. The van der Waals surface area contributed by atoms with Crippen LogP contribution in [0.4, 0.5) is 18.9 Å². The lowest BCUT2D eigenvalue weighted by molar-refractivity contribution is -0.385. The van der Waals surface area contributed by atoms with E-state index in [9.17, 15) is 38.3 Å². The van der Waals surface area contributed by atoms with Crippen molar-refractivity contribution in [1.82, 2.24) is 4.90 Å². The Morgan fingerprint density at radius 2 is 1.92 bits per heavy atom. The summed E-state index contributed by atoms with van der Waals surface area (Å²) in [5.74, 6) is -2.17. The minimum absolute atomic E-state index is 0.00733. The number of alkyl halides is 3. The fourth-order valence-electron chi connectivity index (χ4n) is 2.68. The molecular weight excluding hydrogens is 333 g/mol. The van der Waals surface area contributed by atoms with Gasteiger partial charge in [-0.1, -0.05) is 0 Å². The zero-order valence-corrected chi connectivity index (χ0v) is 12.4. The summed E-state index contributed by atoms with van der Waals surface area (Å²) in [5.41, 5.74) is -0.536. The molecule has 0 bridgehead atoms. The summed E-state index contributed by atoms with van der Waals surface area (Å²) in [4.78, 5) is 23.4. The zero-order valence-electron chi connectivity index (χ0n) is 12.4. The lowest BCUT2D eigenvalue weighted by Gasteiger charge is -2.34. The Morgan fingerprint density at radius 1 is 1.33 bits per heavy atom. The monoisotopic (exact) mass is 348 g/mol. The number of halogens is 3. The van der Waals surface area contributed by atoms with Crippen LogP contribution in [0.3, 0.4) is 0 Å². The molecule has 24 heavy (non-hydrogen) atoms. The molecule has 0 saturated carbocycles. The van der Waals surface area contributed by atoms with Gasteiger partial charge in [0.15, 0.2) is 11.9 Å². The van der Waals surface area contributed by atoms with Crippen LogP contribution < -0.4 is 0 Å². The van der Waals surface area contributed by atoms with E-state index >= 15 is 0 Å². The Bertz CT molecular complexity index is 642. The first kappa shape index (κ1) is 18.0. The lowest BCUT2D eigenvalue weighted by Crippen LogP contribution is -2.45. The van der Waals surface area contributed by atoms with E-state index in [0.29, 0.717) is 0 Å². The molecule has 0 aliphatic carbocycles. The average molecular weight is 348 g/mol. The molecule has 1 aromatic carbocycles. The first-order valence-electron chi connectivity index (χ1n) is 7.12. The summed E-state index contributed by atoms with van der Waals surface area (Å²) in [6.45, 7) is 0.0444. The second-order valence-electron chi connectivity index (χ2n) is 5.58. The number of hydrogen-bond donors (Lipinski definition) is 2. The van der Waals surface area contributed by atoms with Crippen LogP contribution in [0.1, 0.15) is 23.2 Å². The molecular formula is C14H15F3N2O5. The van der Waals surface area contributed by atoms with Gasteiger partial charge in [-0.25, -0.2) is 0 Å². The molecule has 0 aromatic heterocycles. The number of hydrogen-bond acceptors (Lipinski definition) is 5. The minimum atomic E-state index is -4.69. The number of piperidine rings is 1. The molecule has 7 nitrogen and oxygen atoms in total. The molecule has 0 unspecified atom stereocenters. The third-order valence-electron chi connectivity index (χ3n) is 4.03. The minimum Gasteiger partial charge on any atom is -0.502 e. The van der Waals surface area contributed by atoms with Crippen molar-refractivity contribution >= 4 is 11.6 Å². The fraction of sp³-hybridized carbons (Fsp3) is 0.500. The zero-order chi connectivity index (χ0) is 18.1. The number of amides is 1. The van der Waals surface area contributed by atoms with Crippen LogP contribution in [0.15, 0.2) is 18.2 Å². The van der Waals surface area contributed by atoms with Crippen LogP contribution in [-0.4, -0.2) is 51.3 Å². The van der Waals surface area contributed by atoms with Crippen molar-refractivity contribution < 1.29 is 33.1 Å². The van der Waals surface area contributed by atoms with E-state index in [-0.39, 0.29) is 31.5 Å². The van der Waals surface area contributed by atoms with Gasteiger partial charge in [-0.05, 0) is 30.9 Å². The molecule has 132 valence electrons. The van der Waals surface area contributed by atoms with Crippen molar-refractivity contribution in [2.45, 2.75) is 25.1 Å². The molecule has 0 spiro atoms. The number of likely N-dealkylation sites (tertiary alicyclic amines) is 1. The molecule has 1 heterocycles. The van der Waals surface area contributed by atoms with Crippen LogP contribution in [0.5, 0.6) is 5.75 Å². The normalized spacial score (nSPS) is 17.6. The van der Waals surface area contributed by atoms with E-state index in [0.717, 1.165) is 12.1 Å². The SMILES string of the molecule is O=C(c1ccc([N+](=O)[O-])c(O)c1)N1CCC([C@@H](O)C(F)(F)F)CC1. The molecule has 1 aliphatic rings. The molecule has 1 amide bonds. The number of phenols is 1. The van der Waals surface area contributed by atoms with Crippen LogP contribution in [-0.2, 0) is 0 Å². The van der Waals surface area contributed by atoms with Gasteiger partial charge in [-0.2, -0.15) is 13.2 Å². The van der Waals surface area contributed by atoms with Gasteiger partial charge < -0.3 is 15.1 Å². The second kappa shape index (κ2) is 6.63. The maximum atomic E-state index is 12.5. The van der Waals surface area contributed by atoms with Crippen LogP contribution in [0.25, 0.3) is 0 Å². The second-order valence-corrected chi connectivity index (χ2v) is 5.58. The predicted molar refractivity (Wildman–Crippen MR) is 75.5 cm³/mol. The number of aliphatic hydroxyl groups is 1. The maximum absolute atomic E-state index is 12.5. The van der Waals surface area contributed by atoms with Gasteiger partial charge >= 0.3 is 11.9 Å². The number of rotatable bonds is 3. The van der Waals surface area contributed by atoms with E-state index in [1.165, 1.54) is 11.0 Å². The summed E-state index contributed by atoms with van der Waals surface area (Å²) in [7, 11) is 0. The standard InChI is InChI=1S/C14H15F3N2O5/c15-14(16,17)12(21)8-3-5-18(6-4-8)13(22)9-1-2-10(19(23)24)11(20)7-9/h1-2,7-8,12,20-21H,3-6H2/t12-/m1/s1. The first-order valence-corrected chi connectivity index (χ1v) is 7.12. The van der Waals surface area contributed by atoms with Gasteiger partial charge in [-0.3, -0.25) is 14.9 Å². The van der Waals surface area contributed by atoms with Crippen molar-refractivity contribution in [3.8, 4) is 5.75 Å². The number of aliphatic hydroxyl groups excluding tert-OH is 1. The lowest BCUT2D eigenvalue weighted by atomic mass is 9.90. The quantitative estimate of drug-likeness (QED) is 0.643. The summed E-state index contributed by atoms with van der Waals surface area (Å²) < 4.78 is 37.5. The molecule has 0 radical (unpaired) electrons. The molecule has 1 saturated heterocycles. The number of nitro groups is 1. The topological polar surface area (TPSA) is 104 Å². The van der Waals surface area contributed by atoms with Gasteiger partial charge in [0.1, 0.15) is 0 Å². The highest BCUT2D eigenvalue weighted by molar-refractivity contribution is 5.95. The average Bonchev–Trinajstić information content (AvgIpc) is 2.52. The summed E-state index contributed by atoms with van der Waals surface area (Å²) in [5, 5.41) is 29.4. The van der Waals surface area contributed by atoms with Crippen molar-refractivity contribution in [2.24, 2.45) is 5.92 Å². The molecule has 1 fully saturated rings. The number of carbonyl (C=O) groups is 1. The highest BCUT2D eigenvalue weighted by Gasteiger charge is 2.44. The van der Waals surface area contributed by atoms with Gasteiger partial charge in [0.05, 0.1) is 4.92 Å². The predicted octanol–water partition coefficient (Wildman–Crippen LogP) is 2.08. The Balaban J connectivity index is 2.03. The number of nitro benzene ring substituents is 1. The molecule has 1 aliphatic heterocycles. The van der Waals surface area contributed by atoms with Gasteiger partial charge in [-0.15, -0.1) is 0 Å². The van der Waals surface area contributed by atoms with Crippen LogP contribution >= 0.6 is 0 Å². The molecule has 10 heteroatoms. The van der Waals surface area contributed by atoms with Crippen molar-refractivity contribution in [3.63, 3.8) is 0 Å². The molecule has 2 rings (SSSR count). The third-order valence-corrected chi connectivity index (χ3v) is 4.03. The fourth-order valence-corrected chi connectivity index (χ4v) is 2.68. The van der Waals surface area contributed by atoms with Crippen molar-refractivity contribution in [2.75, 3.05) is 13.1 Å². The van der Waals surface area contributed by atoms with Gasteiger partial charge in [0, 0.05) is 24.7 Å². The Labute approximate surface area is 134 Å². The Hall–Kier alpha value is -2.36. The van der Waals surface area contributed by atoms with E-state index in [1.807, 2.05) is 0 Å². The van der Waals surface area contributed by atoms with E-state index in [1.54, 1.807) is 0 Å². The highest BCUT2D eigenvalue weighted by atomic mass is 19.4. The highest BCUT2D eigenvalue weighted by Crippen LogP contribution is 2.32. The number of nitrogens with zero attached hydrogens (tertiary/aromatic N) is 2. The molecule has 1 atom stereocenters. The number of benzene rings is 1. The third kappa shape index (κ3) is 3.75. The summed E-state index contributed by atoms with van der Waals surface area (Å²) in [6, 6.07) is 3.12. The van der Waals surface area contributed by atoms with Crippen LogP contribution in [0, 0.1) is 16.0 Å².